The van der Waals surface area contributed by atoms with Crippen molar-refractivity contribution in [2.45, 2.75) is 25.8 Å². The number of methoxy groups -OCH3 is 1. The van der Waals surface area contributed by atoms with Crippen molar-refractivity contribution in [1.29, 1.82) is 0 Å². The van der Waals surface area contributed by atoms with Gasteiger partial charge < -0.3 is 15.4 Å². The molecule has 0 bridgehead atoms. The van der Waals surface area contributed by atoms with Crippen molar-refractivity contribution >= 4 is 16.7 Å². The van der Waals surface area contributed by atoms with E-state index in [-0.39, 0.29) is 35.4 Å². The summed E-state index contributed by atoms with van der Waals surface area (Å²) in [6.45, 7) is 3.10. The molecular weight excluding hydrogens is 348 g/mol. The van der Waals surface area contributed by atoms with E-state index < -0.39 is 0 Å². The zero-order valence-corrected chi connectivity index (χ0v) is 15.5. The second-order valence-electron chi connectivity index (χ2n) is 7.15. The molecule has 0 saturated carbocycles. The summed E-state index contributed by atoms with van der Waals surface area (Å²) in [6, 6.07) is 6.66. The molecule has 3 rings (SSSR count). The topological polar surface area (TPSA) is 105 Å². The van der Waals surface area contributed by atoms with Crippen molar-refractivity contribution in [3.63, 3.8) is 0 Å². The third kappa shape index (κ3) is 4.45. The van der Waals surface area contributed by atoms with Crippen LogP contribution in [0.15, 0.2) is 33.9 Å². The molecule has 1 amide bonds. The molecule has 3 N–H and O–H groups in total. The predicted molar refractivity (Wildman–Crippen MR) is 103 cm³/mol. The van der Waals surface area contributed by atoms with Crippen LogP contribution < -0.4 is 21.8 Å². The number of amides is 1. The van der Waals surface area contributed by atoms with E-state index >= 15 is 0 Å². The van der Waals surface area contributed by atoms with Gasteiger partial charge in [0.15, 0.2) is 0 Å². The third-order valence-corrected chi connectivity index (χ3v) is 5.22. The van der Waals surface area contributed by atoms with E-state index in [1.807, 2.05) is 0 Å². The Hall–Kier alpha value is -2.45. The first kappa shape index (κ1) is 19.3. The van der Waals surface area contributed by atoms with Crippen LogP contribution in [0, 0.1) is 5.41 Å². The Labute approximate surface area is 156 Å². The summed E-state index contributed by atoms with van der Waals surface area (Å²) < 4.78 is 6.56. The lowest BCUT2D eigenvalue weighted by Crippen LogP contribution is -2.47. The van der Waals surface area contributed by atoms with Gasteiger partial charge in [-0.3, -0.25) is 19.5 Å². The van der Waals surface area contributed by atoms with Crippen LogP contribution in [0.25, 0.3) is 10.8 Å². The SMILES string of the molecule is COCC1(CNC(=O)CCn2[nH]c(=O)c3ccccc3c2=O)CCNCC1. The van der Waals surface area contributed by atoms with E-state index in [4.69, 9.17) is 4.74 Å². The van der Waals surface area contributed by atoms with Crippen LogP contribution in [-0.4, -0.2) is 49.0 Å². The highest BCUT2D eigenvalue weighted by Crippen LogP contribution is 2.28. The molecule has 2 aromatic rings. The largest absolute Gasteiger partial charge is 0.384 e. The fourth-order valence-electron chi connectivity index (χ4n) is 3.63. The summed E-state index contributed by atoms with van der Waals surface area (Å²) in [5.41, 5.74) is -0.685. The Morgan fingerprint density at radius 1 is 1.22 bits per heavy atom. The third-order valence-electron chi connectivity index (χ3n) is 5.22. The predicted octanol–water partition coefficient (Wildman–Crippen LogP) is 0.212. The maximum atomic E-state index is 12.5. The van der Waals surface area contributed by atoms with E-state index in [0.717, 1.165) is 25.9 Å². The van der Waals surface area contributed by atoms with Gasteiger partial charge in [-0.2, -0.15) is 0 Å². The van der Waals surface area contributed by atoms with Gasteiger partial charge in [0, 0.05) is 25.5 Å². The van der Waals surface area contributed by atoms with Gasteiger partial charge in [0.05, 0.1) is 23.9 Å². The van der Waals surface area contributed by atoms with Crippen molar-refractivity contribution in [1.82, 2.24) is 20.4 Å². The number of nitrogens with zero attached hydrogens (tertiary/aromatic N) is 1. The van der Waals surface area contributed by atoms with Crippen LogP contribution in [0.2, 0.25) is 0 Å². The van der Waals surface area contributed by atoms with E-state index in [1.54, 1.807) is 31.4 Å². The molecule has 1 aromatic heterocycles. The van der Waals surface area contributed by atoms with Gasteiger partial charge in [-0.1, -0.05) is 12.1 Å². The first-order chi connectivity index (χ1) is 13.0. The second kappa shape index (κ2) is 8.49. The number of aromatic amines is 1. The number of fused-ring (bicyclic) bond motifs is 1. The maximum absolute atomic E-state index is 12.5. The molecule has 0 aliphatic carbocycles. The fourth-order valence-corrected chi connectivity index (χ4v) is 3.63. The van der Waals surface area contributed by atoms with Gasteiger partial charge in [-0.15, -0.1) is 0 Å². The van der Waals surface area contributed by atoms with Gasteiger partial charge in [0.25, 0.3) is 11.1 Å². The molecule has 1 saturated heterocycles. The average molecular weight is 374 g/mol. The summed E-state index contributed by atoms with van der Waals surface area (Å²) in [5.74, 6) is -0.148. The van der Waals surface area contributed by atoms with Crippen LogP contribution in [0.4, 0.5) is 0 Å². The van der Waals surface area contributed by atoms with E-state index in [2.05, 4.69) is 15.7 Å². The zero-order chi connectivity index (χ0) is 19.3. The molecule has 0 atom stereocenters. The number of rotatable bonds is 7. The van der Waals surface area contributed by atoms with Crippen LogP contribution in [0.5, 0.6) is 0 Å². The highest BCUT2D eigenvalue weighted by molar-refractivity contribution is 5.80. The van der Waals surface area contributed by atoms with Crippen LogP contribution in [0.3, 0.4) is 0 Å². The molecule has 1 fully saturated rings. The standard InChI is InChI=1S/C19H26N4O4/c1-27-13-19(7-9-20-10-8-19)12-21-16(24)6-11-23-18(26)15-5-3-2-4-14(15)17(25)22-23/h2-5,20H,6-13H2,1H3,(H,21,24)(H,22,25). The van der Waals surface area contributed by atoms with Crippen LogP contribution >= 0.6 is 0 Å². The van der Waals surface area contributed by atoms with Crippen molar-refractivity contribution in [2.24, 2.45) is 5.41 Å². The number of carbonyl (C=O) groups is 1. The smallest absolute Gasteiger partial charge is 0.273 e. The van der Waals surface area contributed by atoms with Crippen LogP contribution in [-0.2, 0) is 16.1 Å². The molecule has 8 heteroatoms. The minimum atomic E-state index is -0.334. The summed E-state index contributed by atoms with van der Waals surface area (Å²) >= 11 is 0. The molecule has 1 aliphatic rings. The maximum Gasteiger partial charge on any atom is 0.273 e. The molecular formula is C19H26N4O4. The van der Waals surface area contributed by atoms with Crippen molar-refractivity contribution < 1.29 is 9.53 Å². The molecule has 8 nitrogen and oxygen atoms in total. The van der Waals surface area contributed by atoms with Crippen molar-refractivity contribution in [3.8, 4) is 0 Å². The number of ether oxygens (including phenoxy) is 1. The Bertz CT molecular complexity index is 906. The van der Waals surface area contributed by atoms with Crippen molar-refractivity contribution in [3.05, 3.63) is 45.0 Å². The quantitative estimate of drug-likeness (QED) is 0.643. The van der Waals surface area contributed by atoms with Gasteiger partial charge in [0.2, 0.25) is 5.91 Å². The highest BCUT2D eigenvalue weighted by Gasteiger charge is 2.32. The van der Waals surface area contributed by atoms with E-state index in [1.165, 1.54) is 4.68 Å². The Morgan fingerprint density at radius 3 is 2.63 bits per heavy atom. The molecule has 27 heavy (non-hydrogen) atoms. The first-order valence-electron chi connectivity index (χ1n) is 9.23. The van der Waals surface area contributed by atoms with E-state index in [0.29, 0.717) is 23.9 Å². The first-order valence-corrected chi connectivity index (χ1v) is 9.23. The lowest BCUT2D eigenvalue weighted by atomic mass is 9.79. The number of aromatic nitrogens is 2. The summed E-state index contributed by atoms with van der Waals surface area (Å²) in [5, 5.41) is 9.55. The lowest BCUT2D eigenvalue weighted by molar-refractivity contribution is -0.122. The molecule has 146 valence electrons. The summed E-state index contributed by atoms with van der Waals surface area (Å²) in [7, 11) is 1.67. The number of aryl methyl sites for hydroxylation is 1. The number of H-pyrrole nitrogens is 1. The van der Waals surface area contributed by atoms with E-state index in [9.17, 15) is 14.4 Å². The molecule has 0 unspecified atom stereocenters. The van der Waals surface area contributed by atoms with Gasteiger partial charge in [0.1, 0.15) is 0 Å². The van der Waals surface area contributed by atoms with Crippen LogP contribution in [0.1, 0.15) is 19.3 Å². The van der Waals surface area contributed by atoms with Gasteiger partial charge in [-0.05, 0) is 38.1 Å². The fraction of sp³-hybridized carbons (Fsp3) is 0.526. The second-order valence-corrected chi connectivity index (χ2v) is 7.15. The number of nitrogens with one attached hydrogen (secondary N) is 3. The molecule has 1 aliphatic heterocycles. The Kier molecular flexibility index (Phi) is 6.08. The normalized spacial score (nSPS) is 16.3. The molecule has 0 spiro atoms. The number of piperidine rings is 1. The number of hydrogen-bond donors (Lipinski definition) is 3. The molecule has 2 heterocycles. The highest BCUT2D eigenvalue weighted by atomic mass is 16.5. The number of benzene rings is 1. The van der Waals surface area contributed by atoms with Gasteiger partial charge >= 0.3 is 0 Å². The minimum absolute atomic E-state index is 0.0518. The summed E-state index contributed by atoms with van der Waals surface area (Å²) in [4.78, 5) is 36.9. The Morgan fingerprint density at radius 2 is 1.93 bits per heavy atom. The minimum Gasteiger partial charge on any atom is -0.384 e. The summed E-state index contributed by atoms with van der Waals surface area (Å²) in [6.07, 6.45) is 2.01. The monoisotopic (exact) mass is 374 g/mol. The number of hydrogen-bond acceptors (Lipinski definition) is 5. The molecule has 1 aromatic carbocycles. The van der Waals surface area contributed by atoms with Gasteiger partial charge in [-0.25, -0.2) is 4.68 Å². The van der Waals surface area contributed by atoms with Crippen molar-refractivity contribution in [2.75, 3.05) is 33.4 Å². The Balaban J connectivity index is 1.62. The lowest BCUT2D eigenvalue weighted by Gasteiger charge is -2.37. The number of carbonyl (C=O) groups excluding carboxylic acids is 1. The molecule has 0 radical (unpaired) electrons. The average Bonchev–Trinajstić information content (AvgIpc) is 2.69. The zero-order valence-electron chi connectivity index (χ0n) is 15.5.